The summed E-state index contributed by atoms with van der Waals surface area (Å²) in [4.78, 5) is 0. The number of aliphatic hydroxyl groups is 2. The Morgan fingerprint density at radius 2 is 1.86 bits per heavy atom. The Morgan fingerprint density at radius 3 is 2.55 bits per heavy atom. The zero-order valence-corrected chi connectivity index (χ0v) is 17.8. The van der Waals surface area contributed by atoms with Crippen LogP contribution in [0.3, 0.4) is 0 Å². The van der Waals surface area contributed by atoms with Gasteiger partial charge in [-0.1, -0.05) is 55.8 Å². The molecule has 2 N–H and O–H groups in total. The lowest BCUT2D eigenvalue weighted by molar-refractivity contribution is -0.114. The molecule has 4 nitrogen and oxygen atoms in total. The van der Waals surface area contributed by atoms with Gasteiger partial charge in [-0.3, -0.25) is 0 Å². The number of benzene rings is 2. The minimum atomic E-state index is -0.486. The van der Waals surface area contributed by atoms with E-state index in [9.17, 15) is 10.2 Å². The zero-order chi connectivity index (χ0) is 20.5. The van der Waals surface area contributed by atoms with Crippen molar-refractivity contribution in [2.24, 2.45) is 0 Å². The van der Waals surface area contributed by atoms with Crippen LogP contribution >= 0.6 is 11.6 Å². The molecule has 4 rings (SSSR count). The van der Waals surface area contributed by atoms with Crippen molar-refractivity contribution in [1.82, 2.24) is 0 Å². The van der Waals surface area contributed by atoms with Crippen molar-refractivity contribution in [2.45, 2.75) is 63.8 Å². The third kappa shape index (κ3) is 4.17. The summed E-state index contributed by atoms with van der Waals surface area (Å²) >= 11 is 6.77. The molecule has 4 atom stereocenters. The summed E-state index contributed by atoms with van der Waals surface area (Å²) in [5.41, 5.74) is 5.62. The predicted molar refractivity (Wildman–Crippen MR) is 114 cm³/mol. The largest absolute Gasteiger partial charge is 0.491 e. The maximum absolute atomic E-state index is 10.3. The molecule has 2 aliphatic heterocycles. The van der Waals surface area contributed by atoms with Gasteiger partial charge in [0.15, 0.2) is 0 Å². The van der Waals surface area contributed by atoms with Crippen LogP contribution in [-0.4, -0.2) is 35.6 Å². The Morgan fingerprint density at radius 1 is 1.14 bits per heavy atom. The smallest absolute Gasteiger partial charge is 0.142 e. The van der Waals surface area contributed by atoms with Gasteiger partial charge in [-0.05, 0) is 35.1 Å². The number of aryl methyl sites for hydroxylation is 1. The zero-order valence-electron chi connectivity index (χ0n) is 17.0. The van der Waals surface area contributed by atoms with E-state index in [0.717, 1.165) is 28.9 Å². The molecular weight excluding hydrogens is 388 g/mol. The third-order valence-electron chi connectivity index (χ3n) is 6.09. The van der Waals surface area contributed by atoms with Gasteiger partial charge < -0.3 is 19.7 Å². The molecule has 0 spiro atoms. The molecule has 0 saturated carbocycles. The first-order valence-electron chi connectivity index (χ1n) is 10.5. The van der Waals surface area contributed by atoms with Crippen molar-refractivity contribution < 1.29 is 19.7 Å². The normalized spacial score (nSPS) is 26.2. The fourth-order valence-corrected chi connectivity index (χ4v) is 4.76. The monoisotopic (exact) mass is 416 g/mol. The van der Waals surface area contributed by atoms with E-state index in [-0.39, 0.29) is 24.7 Å². The van der Waals surface area contributed by atoms with E-state index in [1.54, 1.807) is 0 Å². The topological polar surface area (TPSA) is 58.9 Å². The van der Waals surface area contributed by atoms with E-state index in [4.69, 9.17) is 21.1 Å². The lowest BCUT2D eigenvalue weighted by Gasteiger charge is -2.34. The SMILES string of the molecule is CCc1ccc(Cc2cc(C3CC(O)CC(CO)O3)c3c(c2Cl)OCC3C)cc1. The highest BCUT2D eigenvalue weighted by Gasteiger charge is 2.35. The molecule has 0 amide bonds. The molecule has 156 valence electrons. The summed E-state index contributed by atoms with van der Waals surface area (Å²) in [5, 5.41) is 20.6. The summed E-state index contributed by atoms with van der Waals surface area (Å²) in [6.45, 7) is 4.77. The van der Waals surface area contributed by atoms with Crippen molar-refractivity contribution in [3.05, 3.63) is 63.2 Å². The highest BCUT2D eigenvalue weighted by atomic mass is 35.5. The maximum Gasteiger partial charge on any atom is 0.142 e. The Labute approximate surface area is 177 Å². The van der Waals surface area contributed by atoms with Crippen LogP contribution in [0.1, 0.15) is 66.5 Å². The summed E-state index contributed by atoms with van der Waals surface area (Å²) < 4.78 is 12.1. The summed E-state index contributed by atoms with van der Waals surface area (Å²) in [5.74, 6) is 0.965. The number of ether oxygens (including phenoxy) is 2. The Balaban J connectivity index is 1.72. The van der Waals surface area contributed by atoms with Crippen LogP contribution in [-0.2, 0) is 17.6 Å². The minimum Gasteiger partial charge on any atom is -0.491 e. The lowest BCUT2D eigenvalue weighted by atomic mass is 9.87. The molecular formula is C24H29ClO4. The van der Waals surface area contributed by atoms with E-state index < -0.39 is 6.10 Å². The second-order valence-corrected chi connectivity index (χ2v) is 8.67. The molecule has 4 unspecified atom stereocenters. The molecule has 1 fully saturated rings. The molecule has 2 aromatic rings. The first-order chi connectivity index (χ1) is 14.0. The Kier molecular flexibility index (Phi) is 6.16. The molecule has 29 heavy (non-hydrogen) atoms. The predicted octanol–water partition coefficient (Wildman–Crippen LogP) is 4.56. The number of halogens is 1. The number of aliphatic hydroxyl groups excluding tert-OH is 2. The molecule has 0 aliphatic carbocycles. The molecule has 0 radical (unpaired) electrons. The average molecular weight is 417 g/mol. The first kappa shape index (κ1) is 20.7. The molecule has 1 saturated heterocycles. The first-order valence-corrected chi connectivity index (χ1v) is 10.9. The van der Waals surface area contributed by atoms with Gasteiger partial charge in [-0.25, -0.2) is 0 Å². The van der Waals surface area contributed by atoms with Crippen LogP contribution in [0.2, 0.25) is 5.02 Å². The minimum absolute atomic E-state index is 0.0912. The van der Waals surface area contributed by atoms with Crippen molar-refractivity contribution in [3.8, 4) is 5.75 Å². The van der Waals surface area contributed by atoms with Crippen molar-refractivity contribution in [1.29, 1.82) is 0 Å². The quantitative estimate of drug-likeness (QED) is 0.750. The standard InChI is InChI=1S/C24H29ClO4/c1-3-15-4-6-16(7-5-15)8-17-9-20(21-11-18(27)10-19(12-26)29-21)22-14(2)13-28-24(22)23(17)25/h4-7,9,14,18-19,21,26-27H,3,8,10-13H2,1-2H3. The number of rotatable bonds is 5. The molecule has 0 bridgehead atoms. The van der Waals surface area contributed by atoms with Gasteiger partial charge in [-0.2, -0.15) is 0 Å². The van der Waals surface area contributed by atoms with Gasteiger partial charge in [0, 0.05) is 24.3 Å². The van der Waals surface area contributed by atoms with Gasteiger partial charge in [-0.15, -0.1) is 0 Å². The van der Waals surface area contributed by atoms with E-state index in [0.29, 0.717) is 30.9 Å². The molecule has 2 aromatic carbocycles. The van der Waals surface area contributed by atoms with Gasteiger partial charge in [0.1, 0.15) is 5.75 Å². The second kappa shape index (κ2) is 8.65. The van der Waals surface area contributed by atoms with Gasteiger partial charge in [0.05, 0.1) is 36.5 Å². The van der Waals surface area contributed by atoms with Crippen LogP contribution in [0.5, 0.6) is 5.75 Å². The van der Waals surface area contributed by atoms with E-state index in [1.807, 2.05) is 0 Å². The molecule has 0 aromatic heterocycles. The fourth-order valence-electron chi connectivity index (χ4n) is 4.48. The van der Waals surface area contributed by atoms with Crippen LogP contribution in [0.15, 0.2) is 30.3 Å². The van der Waals surface area contributed by atoms with Crippen LogP contribution < -0.4 is 4.74 Å². The highest BCUT2D eigenvalue weighted by Crippen LogP contribution is 2.48. The van der Waals surface area contributed by atoms with E-state index in [2.05, 4.69) is 44.2 Å². The van der Waals surface area contributed by atoms with Crippen molar-refractivity contribution >= 4 is 11.6 Å². The number of hydrogen-bond donors (Lipinski definition) is 2. The van der Waals surface area contributed by atoms with Crippen LogP contribution in [0.4, 0.5) is 0 Å². The van der Waals surface area contributed by atoms with Crippen LogP contribution in [0.25, 0.3) is 0 Å². The molecule has 2 aliphatic rings. The molecule has 2 heterocycles. The van der Waals surface area contributed by atoms with Crippen molar-refractivity contribution in [3.63, 3.8) is 0 Å². The Bertz CT molecular complexity index is 864. The fraction of sp³-hybridized carbons (Fsp3) is 0.500. The lowest BCUT2D eigenvalue weighted by Crippen LogP contribution is -2.34. The van der Waals surface area contributed by atoms with Gasteiger partial charge in [0.2, 0.25) is 0 Å². The summed E-state index contributed by atoms with van der Waals surface area (Å²) in [6.07, 6.45) is 1.60. The summed E-state index contributed by atoms with van der Waals surface area (Å²) in [6, 6.07) is 10.7. The van der Waals surface area contributed by atoms with E-state index >= 15 is 0 Å². The highest BCUT2D eigenvalue weighted by molar-refractivity contribution is 6.33. The van der Waals surface area contributed by atoms with Gasteiger partial charge in [0.25, 0.3) is 0 Å². The third-order valence-corrected chi connectivity index (χ3v) is 6.51. The number of fused-ring (bicyclic) bond motifs is 1. The van der Waals surface area contributed by atoms with Crippen LogP contribution in [0, 0.1) is 0 Å². The maximum atomic E-state index is 10.3. The Hall–Kier alpha value is -1.59. The summed E-state index contributed by atoms with van der Waals surface area (Å²) in [7, 11) is 0. The number of hydrogen-bond acceptors (Lipinski definition) is 4. The molecule has 5 heteroatoms. The van der Waals surface area contributed by atoms with E-state index in [1.165, 1.54) is 11.1 Å². The van der Waals surface area contributed by atoms with Gasteiger partial charge >= 0.3 is 0 Å². The second-order valence-electron chi connectivity index (χ2n) is 8.30. The van der Waals surface area contributed by atoms with Crippen molar-refractivity contribution in [2.75, 3.05) is 13.2 Å². The average Bonchev–Trinajstić information content (AvgIpc) is 3.12.